The van der Waals surface area contributed by atoms with Crippen LogP contribution in [0.25, 0.3) is 16.8 Å². The first kappa shape index (κ1) is 15.3. The van der Waals surface area contributed by atoms with Gasteiger partial charge in [0.1, 0.15) is 11.6 Å². The number of aliphatic carboxylic acids is 1. The summed E-state index contributed by atoms with van der Waals surface area (Å²) >= 11 is 0. The molecule has 124 valence electrons. The Morgan fingerprint density at radius 1 is 1.24 bits per heavy atom. The molecule has 2 aromatic heterocycles. The van der Waals surface area contributed by atoms with Gasteiger partial charge >= 0.3 is 5.97 Å². The maximum absolute atomic E-state index is 11.9. The number of nitrogens with zero attached hydrogens (tertiary/aromatic N) is 4. The van der Waals surface area contributed by atoms with E-state index in [9.17, 15) is 9.90 Å². The van der Waals surface area contributed by atoms with Gasteiger partial charge in [-0.1, -0.05) is 31.0 Å². The van der Waals surface area contributed by atoms with Gasteiger partial charge in [0.25, 0.3) is 0 Å². The van der Waals surface area contributed by atoms with E-state index in [-0.39, 0.29) is 0 Å². The first-order chi connectivity index (χ1) is 12.1. The Morgan fingerprint density at radius 2 is 2.04 bits per heavy atom. The fraction of sp³-hybridized carbons (Fsp3) is 0.263. The molecule has 6 nitrogen and oxygen atoms in total. The van der Waals surface area contributed by atoms with Gasteiger partial charge in [0.2, 0.25) is 0 Å². The van der Waals surface area contributed by atoms with Crippen LogP contribution in [0.2, 0.25) is 0 Å². The summed E-state index contributed by atoms with van der Waals surface area (Å²) in [5.74, 6) is -0.749. The van der Waals surface area contributed by atoms with Crippen molar-refractivity contribution in [2.45, 2.75) is 31.1 Å². The minimum Gasteiger partial charge on any atom is -0.481 e. The number of nitriles is 1. The van der Waals surface area contributed by atoms with E-state index in [1.165, 1.54) is 6.20 Å². The van der Waals surface area contributed by atoms with Crippen molar-refractivity contribution in [1.82, 2.24) is 14.6 Å². The number of fused-ring (bicyclic) bond motifs is 1. The van der Waals surface area contributed by atoms with Crippen LogP contribution in [-0.4, -0.2) is 25.7 Å². The van der Waals surface area contributed by atoms with Gasteiger partial charge in [0.05, 0.1) is 11.6 Å². The third kappa shape index (κ3) is 2.36. The average molecular weight is 332 g/mol. The number of hydrogen-bond donors (Lipinski definition) is 1. The molecule has 2 heterocycles. The summed E-state index contributed by atoms with van der Waals surface area (Å²) in [5.41, 5.74) is 2.73. The van der Waals surface area contributed by atoms with Gasteiger partial charge in [-0.15, -0.1) is 0 Å². The van der Waals surface area contributed by atoms with Crippen molar-refractivity contribution in [2.75, 3.05) is 0 Å². The first-order valence-electron chi connectivity index (χ1n) is 8.22. The fourth-order valence-corrected chi connectivity index (χ4v) is 3.70. The molecule has 6 heteroatoms. The molecule has 0 amide bonds. The summed E-state index contributed by atoms with van der Waals surface area (Å²) in [6, 6.07) is 9.73. The van der Waals surface area contributed by atoms with E-state index in [0.29, 0.717) is 24.1 Å². The van der Waals surface area contributed by atoms with Crippen molar-refractivity contribution in [3.8, 4) is 17.2 Å². The Hall–Kier alpha value is -3.20. The minimum absolute atomic E-state index is 0.427. The molecule has 3 aromatic rings. The molecule has 1 fully saturated rings. The number of carbonyl (C=O) groups is 1. The van der Waals surface area contributed by atoms with E-state index in [2.05, 4.69) is 16.2 Å². The molecule has 0 aliphatic heterocycles. The number of carboxylic acids is 1. The zero-order valence-electron chi connectivity index (χ0n) is 13.5. The Kier molecular flexibility index (Phi) is 3.50. The second-order valence-corrected chi connectivity index (χ2v) is 6.46. The van der Waals surface area contributed by atoms with Gasteiger partial charge in [-0.2, -0.15) is 10.4 Å². The molecule has 0 saturated heterocycles. The SMILES string of the molecule is N#Cc1cnn2cc(-c3cccc(C4(C(=O)O)CCCC4)c3)cnc12. The van der Waals surface area contributed by atoms with Gasteiger partial charge in [-0.05, 0) is 30.0 Å². The highest BCUT2D eigenvalue weighted by Crippen LogP contribution is 2.42. The summed E-state index contributed by atoms with van der Waals surface area (Å²) in [7, 11) is 0. The topological polar surface area (TPSA) is 91.3 Å². The predicted molar refractivity (Wildman–Crippen MR) is 90.9 cm³/mol. The van der Waals surface area contributed by atoms with Crippen LogP contribution in [0, 0.1) is 11.3 Å². The highest BCUT2D eigenvalue weighted by Gasteiger charge is 2.42. The molecule has 1 aliphatic rings. The summed E-state index contributed by atoms with van der Waals surface area (Å²) in [6.07, 6.45) is 8.22. The van der Waals surface area contributed by atoms with Crippen molar-refractivity contribution < 1.29 is 9.90 Å². The number of rotatable bonds is 3. The smallest absolute Gasteiger partial charge is 0.314 e. The van der Waals surface area contributed by atoms with E-state index < -0.39 is 11.4 Å². The zero-order chi connectivity index (χ0) is 17.4. The second kappa shape index (κ2) is 5.71. The number of hydrogen-bond acceptors (Lipinski definition) is 4. The average Bonchev–Trinajstić information content (AvgIpc) is 3.29. The predicted octanol–water partition coefficient (Wildman–Crippen LogP) is 3.16. The lowest BCUT2D eigenvalue weighted by atomic mass is 9.78. The van der Waals surface area contributed by atoms with Crippen LogP contribution in [0.5, 0.6) is 0 Å². The molecule has 4 rings (SSSR count). The molecule has 25 heavy (non-hydrogen) atoms. The molecular formula is C19H16N4O2. The Labute approximate surface area is 144 Å². The monoisotopic (exact) mass is 332 g/mol. The molecule has 0 radical (unpaired) electrons. The van der Waals surface area contributed by atoms with Crippen LogP contribution in [0.15, 0.2) is 42.9 Å². The standard InChI is InChI=1S/C19H16N4O2/c20-9-14-11-22-23-12-15(10-21-17(14)23)13-4-3-5-16(8-13)19(18(24)25)6-1-2-7-19/h3-5,8,10-12H,1-2,6-7H2,(H,24,25). The molecule has 0 bridgehead atoms. The molecule has 1 aromatic carbocycles. The van der Waals surface area contributed by atoms with Crippen LogP contribution in [0.3, 0.4) is 0 Å². The lowest BCUT2D eigenvalue weighted by Crippen LogP contribution is -2.32. The molecular weight excluding hydrogens is 316 g/mol. The van der Waals surface area contributed by atoms with Crippen molar-refractivity contribution in [3.05, 3.63) is 54.0 Å². The normalized spacial score (nSPS) is 16.0. The van der Waals surface area contributed by atoms with E-state index in [4.69, 9.17) is 5.26 Å². The van der Waals surface area contributed by atoms with Gasteiger partial charge in [0, 0.05) is 18.0 Å². The third-order valence-corrected chi connectivity index (χ3v) is 5.09. The van der Waals surface area contributed by atoms with Crippen LogP contribution in [0.4, 0.5) is 0 Å². The summed E-state index contributed by atoms with van der Waals surface area (Å²) in [5, 5.41) is 23.0. The maximum Gasteiger partial charge on any atom is 0.314 e. The van der Waals surface area contributed by atoms with Crippen molar-refractivity contribution in [1.29, 1.82) is 5.26 Å². The maximum atomic E-state index is 11.9. The van der Waals surface area contributed by atoms with E-state index in [0.717, 1.165) is 29.5 Å². The highest BCUT2D eigenvalue weighted by atomic mass is 16.4. The van der Waals surface area contributed by atoms with E-state index >= 15 is 0 Å². The molecule has 1 aliphatic carbocycles. The Bertz CT molecular complexity index is 1010. The van der Waals surface area contributed by atoms with Gasteiger partial charge in [-0.3, -0.25) is 4.79 Å². The highest BCUT2D eigenvalue weighted by molar-refractivity contribution is 5.82. The van der Waals surface area contributed by atoms with Gasteiger partial charge in [0.15, 0.2) is 5.65 Å². The second-order valence-electron chi connectivity index (χ2n) is 6.46. The summed E-state index contributed by atoms with van der Waals surface area (Å²) < 4.78 is 1.57. The van der Waals surface area contributed by atoms with Crippen LogP contribution >= 0.6 is 0 Å². The van der Waals surface area contributed by atoms with E-state index in [1.54, 1.807) is 10.7 Å². The lowest BCUT2D eigenvalue weighted by Gasteiger charge is -2.24. The van der Waals surface area contributed by atoms with Crippen LogP contribution in [-0.2, 0) is 10.2 Å². The molecule has 0 spiro atoms. The molecule has 0 unspecified atom stereocenters. The van der Waals surface area contributed by atoms with Crippen LogP contribution in [0.1, 0.15) is 36.8 Å². The van der Waals surface area contributed by atoms with Gasteiger partial charge < -0.3 is 5.11 Å². The van der Waals surface area contributed by atoms with Crippen molar-refractivity contribution in [3.63, 3.8) is 0 Å². The van der Waals surface area contributed by atoms with Gasteiger partial charge in [-0.25, -0.2) is 9.50 Å². The first-order valence-corrected chi connectivity index (χ1v) is 8.22. The molecule has 0 atom stereocenters. The largest absolute Gasteiger partial charge is 0.481 e. The van der Waals surface area contributed by atoms with E-state index in [1.807, 2.05) is 30.5 Å². The van der Waals surface area contributed by atoms with Crippen molar-refractivity contribution in [2.24, 2.45) is 0 Å². The molecule has 1 N–H and O–H groups in total. The quantitative estimate of drug-likeness (QED) is 0.795. The summed E-state index contributed by atoms with van der Waals surface area (Å²) in [6.45, 7) is 0. The zero-order valence-corrected chi connectivity index (χ0v) is 13.5. The minimum atomic E-state index is -0.785. The molecule has 1 saturated carbocycles. The summed E-state index contributed by atoms with van der Waals surface area (Å²) in [4.78, 5) is 16.3. The third-order valence-electron chi connectivity index (χ3n) is 5.09. The Morgan fingerprint density at radius 3 is 2.76 bits per heavy atom. The van der Waals surface area contributed by atoms with Crippen molar-refractivity contribution >= 4 is 11.6 Å². The van der Waals surface area contributed by atoms with Crippen LogP contribution < -0.4 is 0 Å². The number of aromatic nitrogens is 3. The number of benzene rings is 1. The fourth-order valence-electron chi connectivity index (χ4n) is 3.70. The number of carboxylic acid groups (broad SMARTS) is 1. The lowest BCUT2D eigenvalue weighted by molar-refractivity contribution is -0.143. The Balaban J connectivity index is 1.79.